The Morgan fingerprint density at radius 3 is 1.85 bits per heavy atom. The number of aromatic nitrogens is 5. The molecule has 5 rings (SSSR count). The number of hydrogen-bond donors (Lipinski definition) is 0. The molecule has 0 aliphatic rings. The lowest BCUT2D eigenvalue weighted by molar-refractivity contribution is 0.103. The molecule has 3 aromatic heterocycles. The van der Waals surface area contributed by atoms with E-state index in [9.17, 15) is 13.2 Å². The van der Waals surface area contributed by atoms with Crippen LogP contribution >= 0.6 is 0 Å². The van der Waals surface area contributed by atoms with Gasteiger partial charge in [-0.1, -0.05) is 36.4 Å². The van der Waals surface area contributed by atoms with Crippen molar-refractivity contribution in [2.24, 2.45) is 0 Å². The lowest BCUT2D eigenvalue weighted by atomic mass is 10.0. The standard InChI is InChI=1S/C25H17N5O3S/c31-24(21-15-28-25(29-16-21)30-14-13-27-17-30)20-3-1-18(2-4-20)19-5-7-22(8-6-19)34(32,33)23-9-11-26-12-10-23/h1-17H. The van der Waals surface area contributed by atoms with E-state index in [1.54, 1.807) is 59.7 Å². The summed E-state index contributed by atoms with van der Waals surface area (Å²) in [5.41, 5.74) is 2.57. The Bertz CT molecular complexity index is 1530. The van der Waals surface area contributed by atoms with Gasteiger partial charge in [-0.25, -0.2) is 23.4 Å². The molecule has 0 N–H and O–H groups in total. The molecule has 2 aromatic carbocycles. The molecule has 0 aliphatic heterocycles. The first-order chi connectivity index (χ1) is 16.5. The average Bonchev–Trinajstić information content (AvgIpc) is 3.44. The molecular weight excluding hydrogens is 450 g/mol. The van der Waals surface area contributed by atoms with Crippen molar-refractivity contribution in [3.05, 3.63) is 115 Å². The fourth-order valence-electron chi connectivity index (χ4n) is 3.41. The molecule has 0 aliphatic carbocycles. The second-order valence-electron chi connectivity index (χ2n) is 7.36. The summed E-state index contributed by atoms with van der Waals surface area (Å²) in [6.45, 7) is 0. The Hall–Kier alpha value is -4.50. The van der Waals surface area contributed by atoms with Crippen LogP contribution in [0.1, 0.15) is 15.9 Å². The van der Waals surface area contributed by atoms with Crippen LogP contribution in [0.3, 0.4) is 0 Å². The molecule has 8 nitrogen and oxygen atoms in total. The summed E-state index contributed by atoms with van der Waals surface area (Å²) in [5.74, 6) is 0.237. The first kappa shape index (κ1) is 21.4. The minimum Gasteiger partial charge on any atom is -0.288 e. The smallest absolute Gasteiger partial charge is 0.234 e. The van der Waals surface area contributed by atoms with Crippen LogP contribution in [0.5, 0.6) is 0 Å². The highest BCUT2D eigenvalue weighted by Crippen LogP contribution is 2.25. The van der Waals surface area contributed by atoms with Crippen LogP contribution in [0.25, 0.3) is 17.1 Å². The Kier molecular flexibility index (Phi) is 5.52. The Balaban J connectivity index is 1.33. The summed E-state index contributed by atoms with van der Waals surface area (Å²) in [6, 6.07) is 16.7. The zero-order valence-corrected chi connectivity index (χ0v) is 18.5. The van der Waals surface area contributed by atoms with E-state index >= 15 is 0 Å². The van der Waals surface area contributed by atoms with Gasteiger partial charge in [0.25, 0.3) is 0 Å². The SMILES string of the molecule is O=C(c1ccc(-c2ccc(S(=O)(=O)c3ccncc3)cc2)cc1)c1cnc(-n2ccnc2)nc1. The Morgan fingerprint density at radius 1 is 0.676 bits per heavy atom. The second kappa shape index (κ2) is 8.80. The molecule has 0 bridgehead atoms. The van der Waals surface area contributed by atoms with Crippen LogP contribution in [0.4, 0.5) is 0 Å². The van der Waals surface area contributed by atoms with E-state index in [0.717, 1.165) is 11.1 Å². The van der Waals surface area contributed by atoms with Gasteiger partial charge in [-0.3, -0.25) is 14.3 Å². The van der Waals surface area contributed by atoms with Gasteiger partial charge in [0.05, 0.1) is 15.4 Å². The maximum absolute atomic E-state index is 12.8. The molecule has 3 heterocycles. The van der Waals surface area contributed by atoms with E-state index in [2.05, 4.69) is 19.9 Å². The molecule has 0 spiro atoms. The molecule has 0 saturated carbocycles. The monoisotopic (exact) mass is 467 g/mol. The van der Waals surface area contributed by atoms with Crippen molar-refractivity contribution < 1.29 is 13.2 Å². The molecule has 0 radical (unpaired) electrons. The molecule has 5 aromatic rings. The summed E-state index contributed by atoms with van der Waals surface area (Å²) in [7, 11) is -3.61. The van der Waals surface area contributed by atoms with E-state index in [0.29, 0.717) is 17.1 Å². The maximum Gasteiger partial charge on any atom is 0.234 e. The van der Waals surface area contributed by atoms with Gasteiger partial charge in [0.2, 0.25) is 15.8 Å². The van der Waals surface area contributed by atoms with Crippen LogP contribution < -0.4 is 0 Å². The second-order valence-corrected chi connectivity index (χ2v) is 9.31. The third-order valence-corrected chi connectivity index (χ3v) is 7.03. The van der Waals surface area contributed by atoms with Crippen LogP contribution in [-0.4, -0.2) is 38.7 Å². The molecule has 166 valence electrons. The summed E-state index contributed by atoms with van der Waals surface area (Å²) in [4.78, 5) is 29.5. The number of sulfone groups is 1. The molecule has 0 saturated heterocycles. The zero-order valence-electron chi connectivity index (χ0n) is 17.7. The number of carbonyl (C=O) groups is 1. The van der Waals surface area contributed by atoms with Crippen molar-refractivity contribution in [2.45, 2.75) is 9.79 Å². The molecule has 9 heteroatoms. The summed E-state index contributed by atoms with van der Waals surface area (Å²) >= 11 is 0. The van der Waals surface area contributed by atoms with E-state index in [1.165, 1.54) is 36.9 Å². The Labute approximate surface area is 195 Å². The minimum absolute atomic E-state index is 0.192. The number of pyridine rings is 1. The van der Waals surface area contributed by atoms with Crippen molar-refractivity contribution >= 4 is 15.6 Å². The van der Waals surface area contributed by atoms with Crippen LogP contribution in [0, 0.1) is 0 Å². The van der Waals surface area contributed by atoms with Gasteiger partial charge in [0.1, 0.15) is 6.33 Å². The van der Waals surface area contributed by atoms with Gasteiger partial charge in [0, 0.05) is 42.7 Å². The predicted octanol–water partition coefficient (Wildman–Crippen LogP) is 3.79. The normalized spacial score (nSPS) is 11.3. The molecule has 0 atom stereocenters. The number of imidazole rings is 1. The van der Waals surface area contributed by atoms with Gasteiger partial charge >= 0.3 is 0 Å². The van der Waals surface area contributed by atoms with Crippen molar-refractivity contribution in [2.75, 3.05) is 0 Å². The van der Waals surface area contributed by atoms with E-state index in [-0.39, 0.29) is 15.6 Å². The average molecular weight is 468 g/mol. The Morgan fingerprint density at radius 2 is 1.26 bits per heavy atom. The van der Waals surface area contributed by atoms with E-state index < -0.39 is 9.84 Å². The molecular formula is C25H17N5O3S. The third-order valence-electron chi connectivity index (χ3n) is 5.24. The number of ketones is 1. The number of carbonyl (C=O) groups excluding carboxylic acids is 1. The van der Waals surface area contributed by atoms with E-state index in [1.807, 2.05) is 12.1 Å². The third kappa shape index (κ3) is 4.12. The molecule has 0 unspecified atom stereocenters. The van der Waals surface area contributed by atoms with Gasteiger partial charge < -0.3 is 0 Å². The van der Waals surface area contributed by atoms with E-state index in [4.69, 9.17) is 0 Å². The highest BCUT2D eigenvalue weighted by molar-refractivity contribution is 7.91. The summed E-state index contributed by atoms with van der Waals surface area (Å²) in [5, 5.41) is 0. The number of benzene rings is 2. The molecule has 0 amide bonds. The van der Waals surface area contributed by atoms with Crippen molar-refractivity contribution in [3.63, 3.8) is 0 Å². The highest BCUT2D eigenvalue weighted by atomic mass is 32.2. The number of nitrogens with zero attached hydrogens (tertiary/aromatic N) is 5. The van der Waals surface area contributed by atoms with Crippen molar-refractivity contribution in [1.82, 2.24) is 24.5 Å². The largest absolute Gasteiger partial charge is 0.288 e. The van der Waals surface area contributed by atoms with Gasteiger partial charge in [-0.2, -0.15) is 0 Å². The molecule has 0 fully saturated rings. The fourth-order valence-corrected chi connectivity index (χ4v) is 4.66. The number of hydrogen-bond acceptors (Lipinski definition) is 7. The number of rotatable bonds is 6. The zero-order chi connectivity index (χ0) is 23.5. The first-order valence-corrected chi connectivity index (χ1v) is 11.7. The highest BCUT2D eigenvalue weighted by Gasteiger charge is 2.17. The van der Waals surface area contributed by atoms with Crippen LogP contribution in [0.15, 0.2) is 114 Å². The van der Waals surface area contributed by atoms with Gasteiger partial charge in [-0.05, 0) is 35.4 Å². The van der Waals surface area contributed by atoms with Gasteiger partial charge in [0.15, 0.2) is 5.78 Å². The molecule has 34 heavy (non-hydrogen) atoms. The summed E-state index contributed by atoms with van der Waals surface area (Å²) < 4.78 is 27.1. The lowest BCUT2D eigenvalue weighted by Crippen LogP contribution is -2.05. The van der Waals surface area contributed by atoms with Gasteiger partial charge in [-0.15, -0.1) is 0 Å². The predicted molar refractivity (Wildman–Crippen MR) is 124 cm³/mol. The van der Waals surface area contributed by atoms with Crippen molar-refractivity contribution in [3.8, 4) is 17.1 Å². The summed E-state index contributed by atoms with van der Waals surface area (Å²) in [6.07, 6.45) is 10.8. The van der Waals surface area contributed by atoms with Crippen LogP contribution in [0.2, 0.25) is 0 Å². The maximum atomic E-state index is 12.8. The lowest BCUT2D eigenvalue weighted by Gasteiger charge is -2.07. The first-order valence-electron chi connectivity index (χ1n) is 10.2. The van der Waals surface area contributed by atoms with Crippen LogP contribution in [-0.2, 0) is 9.84 Å². The topological polar surface area (TPSA) is 108 Å². The minimum atomic E-state index is -3.61. The quantitative estimate of drug-likeness (QED) is 0.350. The fraction of sp³-hybridized carbons (Fsp3) is 0. The van der Waals surface area contributed by atoms with Crippen molar-refractivity contribution in [1.29, 1.82) is 0 Å².